The molecule has 0 aromatic heterocycles. The van der Waals surface area contributed by atoms with Crippen molar-refractivity contribution in [1.29, 1.82) is 0 Å². The van der Waals surface area contributed by atoms with Gasteiger partial charge in [-0.2, -0.15) is 0 Å². The van der Waals surface area contributed by atoms with E-state index in [4.69, 9.17) is 0 Å². The highest BCUT2D eigenvalue weighted by Gasteiger charge is 2.21. The van der Waals surface area contributed by atoms with Gasteiger partial charge >= 0.3 is 0 Å². The van der Waals surface area contributed by atoms with Gasteiger partial charge in [-0.1, -0.05) is 38.5 Å². The SMILES string of the molecule is CCCC(C)C(=O)NCCC(=O)N1CCN(c2ccccc2)CC1. The lowest BCUT2D eigenvalue weighted by Crippen LogP contribution is -2.49. The molecule has 1 heterocycles. The Bertz CT molecular complexity index is 525. The van der Waals surface area contributed by atoms with Crippen LogP contribution in [0.5, 0.6) is 0 Å². The molecule has 24 heavy (non-hydrogen) atoms. The number of carbonyl (C=O) groups excluding carboxylic acids is 2. The van der Waals surface area contributed by atoms with E-state index in [0.29, 0.717) is 13.0 Å². The second-order valence-corrected chi connectivity index (χ2v) is 6.43. The minimum atomic E-state index is 0.0273. The lowest BCUT2D eigenvalue weighted by atomic mass is 10.1. The molecule has 0 radical (unpaired) electrons. The lowest BCUT2D eigenvalue weighted by Gasteiger charge is -2.36. The van der Waals surface area contributed by atoms with E-state index in [9.17, 15) is 9.59 Å². The van der Waals surface area contributed by atoms with Crippen LogP contribution in [0.3, 0.4) is 0 Å². The standard InChI is InChI=1S/C19H29N3O2/c1-3-7-16(2)19(24)20-11-10-18(23)22-14-12-21(13-15-22)17-8-5-4-6-9-17/h4-6,8-9,16H,3,7,10-15H2,1-2H3,(H,20,24). The van der Waals surface area contributed by atoms with Crippen LogP contribution in [-0.2, 0) is 9.59 Å². The van der Waals surface area contributed by atoms with E-state index in [-0.39, 0.29) is 17.7 Å². The number of rotatable bonds is 7. The molecule has 1 aliphatic rings. The first-order valence-corrected chi connectivity index (χ1v) is 8.97. The maximum atomic E-state index is 12.3. The fourth-order valence-corrected chi connectivity index (χ4v) is 3.04. The Morgan fingerprint density at radius 2 is 1.79 bits per heavy atom. The summed E-state index contributed by atoms with van der Waals surface area (Å²) in [6, 6.07) is 10.3. The Balaban J connectivity index is 1.68. The zero-order valence-electron chi connectivity index (χ0n) is 14.8. The predicted molar refractivity (Wildman–Crippen MR) is 96.9 cm³/mol. The third-order valence-corrected chi connectivity index (χ3v) is 4.56. The number of benzene rings is 1. The Morgan fingerprint density at radius 1 is 1.12 bits per heavy atom. The number of hydrogen-bond acceptors (Lipinski definition) is 3. The van der Waals surface area contributed by atoms with Gasteiger partial charge in [-0.25, -0.2) is 0 Å². The van der Waals surface area contributed by atoms with Gasteiger partial charge in [0.2, 0.25) is 11.8 Å². The molecule has 5 nitrogen and oxygen atoms in total. The van der Waals surface area contributed by atoms with Crippen molar-refractivity contribution in [3.8, 4) is 0 Å². The molecule has 2 amide bonds. The molecule has 1 aromatic carbocycles. The summed E-state index contributed by atoms with van der Waals surface area (Å²) in [5, 5.41) is 2.88. The average molecular weight is 331 g/mol. The van der Waals surface area contributed by atoms with Crippen molar-refractivity contribution in [3.63, 3.8) is 0 Å². The molecule has 5 heteroatoms. The van der Waals surface area contributed by atoms with Gasteiger partial charge in [-0.15, -0.1) is 0 Å². The number of piperazine rings is 1. The summed E-state index contributed by atoms with van der Waals surface area (Å²) in [6.45, 7) is 7.64. The number of hydrogen-bond donors (Lipinski definition) is 1. The molecule has 132 valence electrons. The van der Waals surface area contributed by atoms with Crippen molar-refractivity contribution in [1.82, 2.24) is 10.2 Å². The Labute approximate surface area is 145 Å². The zero-order valence-corrected chi connectivity index (χ0v) is 14.8. The van der Waals surface area contributed by atoms with Gasteiger partial charge in [0, 0.05) is 50.7 Å². The van der Waals surface area contributed by atoms with E-state index in [1.54, 1.807) is 0 Å². The summed E-state index contributed by atoms with van der Waals surface area (Å²) in [4.78, 5) is 28.3. The van der Waals surface area contributed by atoms with Crippen molar-refractivity contribution < 1.29 is 9.59 Å². The van der Waals surface area contributed by atoms with Crippen LogP contribution in [0.1, 0.15) is 33.1 Å². The van der Waals surface area contributed by atoms with Crippen molar-refractivity contribution in [2.45, 2.75) is 33.1 Å². The molecule has 1 aromatic rings. The first kappa shape index (κ1) is 18.3. The van der Waals surface area contributed by atoms with E-state index < -0.39 is 0 Å². The summed E-state index contributed by atoms with van der Waals surface area (Å²) in [6.07, 6.45) is 2.27. The van der Waals surface area contributed by atoms with Crippen LogP contribution in [0, 0.1) is 5.92 Å². The highest BCUT2D eigenvalue weighted by atomic mass is 16.2. The van der Waals surface area contributed by atoms with Crippen molar-refractivity contribution in [2.24, 2.45) is 5.92 Å². The highest BCUT2D eigenvalue weighted by molar-refractivity contribution is 5.80. The maximum Gasteiger partial charge on any atom is 0.224 e. The molecule has 1 atom stereocenters. The monoisotopic (exact) mass is 331 g/mol. The second kappa shape index (κ2) is 9.30. The molecule has 1 N–H and O–H groups in total. The van der Waals surface area contributed by atoms with Gasteiger partial charge < -0.3 is 15.1 Å². The van der Waals surface area contributed by atoms with Gasteiger partial charge in [-0.05, 0) is 18.6 Å². The zero-order chi connectivity index (χ0) is 17.4. The largest absolute Gasteiger partial charge is 0.368 e. The molecular formula is C19H29N3O2. The molecule has 1 fully saturated rings. The normalized spacial score (nSPS) is 15.9. The average Bonchev–Trinajstić information content (AvgIpc) is 2.62. The summed E-state index contributed by atoms with van der Waals surface area (Å²) in [7, 11) is 0. The van der Waals surface area contributed by atoms with Gasteiger partial charge in [0.05, 0.1) is 0 Å². The molecule has 1 saturated heterocycles. The van der Waals surface area contributed by atoms with Crippen LogP contribution in [0.15, 0.2) is 30.3 Å². The van der Waals surface area contributed by atoms with E-state index >= 15 is 0 Å². The summed E-state index contributed by atoms with van der Waals surface area (Å²) in [5.41, 5.74) is 1.21. The van der Waals surface area contributed by atoms with E-state index in [0.717, 1.165) is 39.0 Å². The lowest BCUT2D eigenvalue weighted by molar-refractivity contribution is -0.131. The first-order chi connectivity index (χ1) is 11.6. The summed E-state index contributed by atoms with van der Waals surface area (Å²) >= 11 is 0. The first-order valence-electron chi connectivity index (χ1n) is 8.97. The Morgan fingerprint density at radius 3 is 2.42 bits per heavy atom. The van der Waals surface area contributed by atoms with Gasteiger partial charge in [0.15, 0.2) is 0 Å². The molecule has 0 aliphatic carbocycles. The maximum absolute atomic E-state index is 12.3. The van der Waals surface area contributed by atoms with Crippen molar-refractivity contribution >= 4 is 17.5 Å². The molecule has 1 unspecified atom stereocenters. The molecule has 0 spiro atoms. The van der Waals surface area contributed by atoms with Gasteiger partial charge in [-0.3, -0.25) is 9.59 Å². The van der Waals surface area contributed by atoms with Crippen LogP contribution in [0.2, 0.25) is 0 Å². The number of nitrogens with zero attached hydrogens (tertiary/aromatic N) is 2. The second-order valence-electron chi connectivity index (χ2n) is 6.43. The summed E-state index contributed by atoms with van der Waals surface area (Å²) < 4.78 is 0. The minimum Gasteiger partial charge on any atom is -0.368 e. The van der Waals surface area contributed by atoms with Crippen LogP contribution in [-0.4, -0.2) is 49.4 Å². The smallest absolute Gasteiger partial charge is 0.224 e. The highest BCUT2D eigenvalue weighted by Crippen LogP contribution is 2.15. The fourth-order valence-electron chi connectivity index (χ4n) is 3.04. The molecule has 0 bridgehead atoms. The van der Waals surface area contributed by atoms with E-state index in [1.165, 1.54) is 5.69 Å². The third-order valence-electron chi connectivity index (χ3n) is 4.56. The van der Waals surface area contributed by atoms with Crippen LogP contribution >= 0.6 is 0 Å². The van der Waals surface area contributed by atoms with Crippen LogP contribution < -0.4 is 10.2 Å². The Hall–Kier alpha value is -2.04. The molecular weight excluding hydrogens is 302 g/mol. The van der Waals surface area contributed by atoms with E-state index in [1.807, 2.05) is 30.0 Å². The van der Waals surface area contributed by atoms with Crippen LogP contribution in [0.4, 0.5) is 5.69 Å². The molecule has 0 saturated carbocycles. The number of para-hydroxylation sites is 1. The number of anilines is 1. The number of amides is 2. The van der Waals surface area contributed by atoms with Crippen LogP contribution in [0.25, 0.3) is 0 Å². The molecule has 1 aliphatic heterocycles. The number of carbonyl (C=O) groups is 2. The van der Waals surface area contributed by atoms with Gasteiger partial charge in [0.25, 0.3) is 0 Å². The van der Waals surface area contributed by atoms with Crippen molar-refractivity contribution in [3.05, 3.63) is 30.3 Å². The third kappa shape index (κ3) is 5.25. The molecule has 2 rings (SSSR count). The van der Waals surface area contributed by atoms with Crippen molar-refractivity contribution in [2.75, 3.05) is 37.6 Å². The summed E-state index contributed by atoms with van der Waals surface area (Å²) in [5.74, 6) is 0.212. The fraction of sp³-hybridized carbons (Fsp3) is 0.579. The topological polar surface area (TPSA) is 52.7 Å². The Kier molecular flexibility index (Phi) is 7.09. The van der Waals surface area contributed by atoms with Gasteiger partial charge in [0.1, 0.15) is 0 Å². The quantitative estimate of drug-likeness (QED) is 0.834. The minimum absolute atomic E-state index is 0.0273. The predicted octanol–water partition coefficient (Wildman–Crippen LogP) is 2.28. The van der Waals surface area contributed by atoms with E-state index in [2.05, 4.69) is 29.3 Å². The number of nitrogens with one attached hydrogen (secondary N) is 1.